The maximum absolute atomic E-state index is 5.51. The van der Waals surface area contributed by atoms with Crippen LogP contribution in [0.3, 0.4) is 0 Å². The first-order chi connectivity index (χ1) is 17.9. The van der Waals surface area contributed by atoms with Gasteiger partial charge < -0.3 is 18.8 Å². The monoisotopic (exact) mass is 502 g/mol. The molecule has 3 saturated heterocycles. The van der Waals surface area contributed by atoms with E-state index in [4.69, 9.17) is 14.5 Å². The molecule has 3 fully saturated rings. The van der Waals surface area contributed by atoms with Crippen molar-refractivity contribution in [1.82, 2.24) is 19.2 Å². The Hall–Kier alpha value is -2.57. The zero-order valence-corrected chi connectivity index (χ0v) is 23.1. The van der Waals surface area contributed by atoms with Gasteiger partial charge in [0.15, 0.2) is 11.5 Å². The van der Waals surface area contributed by atoms with Gasteiger partial charge in [0.25, 0.3) is 0 Å². The highest BCUT2D eigenvalue weighted by atomic mass is 16.5. The number of hydrogen-bond donors (Lipinski definition) is 0. The molecule has 3 aromatic rings. The zero-order valence-electron chi connectivity index (χ0n) is 23.1. The Bertz CT molecular complexity index is 1250. The molecule has 0 N–H and O–H groups in total. The minimum atomic E-state index is 0.624. The average molecular weight is 503 g/mol. The molecule has 0 aliphatic carbocycles. The van der Waals surface area contributed by atoms with Crippen LogP contribution in [0.1, 0.15) is 69.4 Å². The fourth-order valence-corrected chi connectivity index (χ4v) is 7.58. The second-order valence-electron chi connectivity index (χ2n) is 11.7. The molecule has 198 valence electrons. The number of aromatic nitrogens is 2. The standard InChI is InChI=1S/C31H42N4O2/c1-20(2)35-25-7-8-26(35)17-27(16-25)33-12-10-22(11-13-33)24-14-21(3)31-32-28(19-34(31)18-24)23-6-9-29(36-4)30(15-23)37-5/h6,9,14-15,18-20,22,25-27H,7-8,10-13,16-17H2,1-5H3. The van der Waals surface area contributed by atoms with E-state index in [-0.39, 0.29) is 0 Å². The van der Waals surface area contributed by atoms with Crippen molar-refractivity contribution >= 4 is 5.65 Å². The van der Waals surface area contributed by atoms with Gasteiger partial charge in [-0.05, 0) is 108 Å². The van der Waals surface area contributed by atoms with Crippen LogP contribution in [0.4, 0.5) is 0 Å². The number of ether oxygens (including phenoxy) is 2. The number of fused-ring (bicyclic) bond motifs is 3. The van der Waals surface area contributed by atoms with E-state index in [1.165, 1.54) is 62.7 Å². The van der Waals surface area contributed by atoms with Crippen LogP contribution in [0.25, 0.3) is 16.9 Å². The van der Waals surface area contributed by atoms with E-state index in [9.17, 15) is 0 Å². The molecule has 3 aliphatic heterocycles. The molecular weight excluding hydrogens is 460 g/mol. The maximum Gasteiger partial charge on any atom is 0.161 e. The summed E-state index contributed by atoms with van der Waals surface area (Å²) in [6.07, 6.45) is 12.5. The summed E-state index contributed by atoms with van der Waals surface area (Å²) in [5.74, 6) is 2.08. The molecule has 1 aromatic carbocycles. The number of piperidine rings is 2. The van der Waals surface area contributed by atoms with E-state index in [1.54, 1.807) is 14.2 Å². The van der Waals surface area contributed by atoms with Crippen molar-refractivity contribution in [2.75, 3.05) is 27.3 Å². The van der Waals surface area contributed by atoms with Gasteiger partial charge in [-0.2, -0.15) is 0 Å². The molecule has 0 spiro atoms. The highest BCUT2D eigenvalue weighted by molar-refractivity contribution is 5.67. The summed E-state index contributed by atoms with van der Waals surface area (Å²) in [4.78, 5) is 10.6. The lowest BCUT2D eigenvalue weighted by atomic mass is 9.87. The fraction of sp³-hybridized carbons (Fsp3) is 0.581. The van der Waals surface area contributed by atoms with Crippen LogP contribution in [-0.2, 0) is 0 Å². The van der Waals surface area contributed by atoms with E-state index in [1.807, 2.05) is 18.2 Å². The van der Waals surface area contributed by atoms with Crippen molar-refractivity contribution in [2.24, 2.45) is 0 Å². The molecule has 0 saturated carbocycles. The molecule has 0 radical (unpaired) electrons. The summed E-state index contributed by atoms with van der Waals surface area (Å²) in [5, 5.41) is 0. The Morgan fingerprint density at radius 3 is 2.22 bits per heavy atom. The van der Waals surface area contributed by atoms with Crippen molar-refractivity contribution < 1.29 is 9.47 Å². The molecule has 3 aliphatic rings. The normalized spacial score (nSPS) is 25.3. The van der Waals surface area contributed by atoms with Gasteiger partial charge in [0.05, 0.1) is 19.9 Å². The zero-order chi connectivity index (χ0) is 25.7. The molecule has 2 bridgehead atoms. The van der Waals surface area contributed by atoms with Gasteiger partial charge in [0.1, 0.15) is 5.65 Å². The smallest absolute Gasteiger partial charge is 0.161 e. The molecule has 6 rings (SSSR count). The van der Waals surface area contributed by atoms with Crippen LogP contribution in [0.2, 0.25) is 0 Å². The highest BCUT2D eigenvalue weighted by Crippen LogP contribution is 2.41. The molecule has 37 heavy (non-hydrogen) atoms. The Kier molecular flexibility index (Phi) is 6.66. The number of hydrogen-bond acceptors (Lipinski definition) is 5. The van der Waals surface area contributed by atoms with Crippen LogP contribution in [0.5, 0.6) is 11.5 Å². The lowest BCUT2D eigenvalue weighted by Gasteiger charge is -2.46. The first-order valence-electron chi connectivity index (χ1n) is 14.2. The highest BCUT2D eigenvalue weighted by Gasteiger charge is 2.43. The Labute approximate surface area is 221 Å². The molecule has 2 aromatic heterocycles. The number of aryl methyl sites for hydroxylation is 1. The average Bonchev–Trinajstić information content (AvgIpc) is 3.47. The van der Waals surface area contributed by atoms with Crippen molar-refractivity contribution in [2.45, 2.75) is 89.4 Å². The molecule has 2 atom stereocenters. The first-order valence-corrected chi connectivity index (χ1v) is 14.2. The molecule has 2 unspecified atom stereocenters. The lowest BCUT2D eigenvalue weighted by molar-refractivity contribution is 0.0298. The third-order valence-corrected chi connectivity index (χ3v) is 9.31. The van der Waals surface area contributed by atoms with E-state index >= 15 is 0 Å². The van der Waals surface area contributed by atoms with E-state index in [0.29, 0.717) is 12.0 Å². The predicted octanol–water partition coefficient (Wildman–Crippen LogP) is 5.91. The summed E-state index contributed by atoms with van der Waals surface area (Å²) in [6, 6.07) is 11.5. The Balaban J connectivity index is 1.16. The van der Waals surface area contributed by atoms with Crippen LogP contribution in [0, 0.1) is 6.92 Å². The SMILES string of the molecule is COc1ccc(-c2cn3cc(C4CCN(C5CC6CCC(C5)N6C(C)C)CC4)cc(C)c3n2)cc1OC. The molecule has 5 heterocycles. The molecule has 6 heteroatoms. The summed E-state index contributed by atoms with van der Waals surface area (Å²) in [6.45, 7) is 9.42. The van der Waals surface area contributed by atoms with Crippen LogP contribution >= 0.6 is 0 Å². The van der Waals surface area contributed by atoms with Crippen LogP contribution in [-0.4, -0.2) is 70.7 Å². The van der Waals surface area contributed by atoms with Crippen molar-refractivity contribution in [3.8, 4) is 22.8 Å². The van der Waals surface area contributed by atoms with Crippen molar-refractivity contribution in [1.29, 1.82) is 0 Å². The summed E-state index contributed by atoms with van der Waals surface area (Å²) in [5.41, 5.74) is 5.71. The Morgan fingerprint density at radius 2 is 1.57 bits per heavy atom. The number of pyridine rings is 1. The third kappa shape index (κ3) is 4.52. The topological polar surface area (TPSA) is 42.2 Å². The number of nitrogens with zero attached hydrogens (tertiary/aromatic N) is 4. The van der Waals surface area contributed by atoms with Crippen molar-refractivity contribution in [3.63, 3.8) is 0 Å². The third-order valence-electron chi connectivity index (χ3n) is 9.31. The minimum Gasteiger partial charge on any atom is -0.493 e. The van der Waals surface area contributed by atoms with Gasteiger partial charge >= 0.3 is 0 Å². The number of rotatable bonds is 6. The Morgan fingerprint density at radius 1 is 0.865 bits per heavy atom. The van der Waals surface area contributed by atoms with Crippen LogP contribution in [0.15, 0.2) is 36.7 Å². The molecule has 6 nitrogen and oxygen atoms in total. The van der Waals surface area contributed by atoms with E-state index in [0.717, 1.165) is 46.5 Å². The maximum atomic E-state index is 5.51. The van der Waals surface area contributed by atoms with Crippen molar-refractivity contribution in [3.05, 3.63) is 47.8 Å². The van der Waals surface area contributed by atoms with E-state index in [2.05, 4.69) is 53.4 Å². The number of imidazole rings is 1. The number of benzene rings is 1. The molecular formula is C31H42N4O2. The van der Waals surface area contributed by atoms with Gasteiger partial charge in [0.2, 0.25) is 0 Å². The summed E-state index contributed by atoms with van der Waals surface area (Å²) >= 11 is 0. The number of likely N-dealkylation sites (tertiary alicyclic amines) is 1. The second-order valence-corrected chi connectivity index (χ2v) is 11.7. The van der Waals surface area contributed by atoms with Gasteiger partial charge in [-0.1, -0.05) is 6.07 Å². The first kappa shape index (κ1) is 24.7. The fourth-order valence-electron chi connectivity index (χ4n) is 7.58. The predicted molar refractivity (Wildman–Crippen MR) is 149 cm³/mol. The number of methoxy groups -OCH3 is 2. The molecule has 0 amide bonds. The summed E-state index contributed by atoms with van der Waals surface area (Å²) in [7, 11) is 3.34. The lowest BCUT2D eigenvalue weighted by Crippen LogP contribution is -2.53. The minimum absolute atomic E-state index is 0.624. The van der Waals surface area contributed by atoms with Gasteiger partial charge in [-0.3, -0.25) is 4.90 Å². The largest absolute Gasteiger partial charge is 0.493 e. The van der Waals surface area contributed by atoms with Crippen LogP contribution < -0.4 is 9.47 Å². The second kappa shape index (κ2) is 9.95. The quantitative estimate of drug-likeness (QED) is 0.419. The van der Waals surface area contributed by atoms with E-state index < -0.39 is 0 Å². The van der Waals surface area contributed by atoms with Gasteiger partial charge in [-0.25, -0.2) is 4.98 Å². The van der Waals surface area contributed by atoms with Gasteiger partial charge in [0, 0.05) is 42.1 Å². The summed E-state index contributed by atoms with van der Waals surface area (Å²) < 4.78 is 13.1. The van der Waals surface area contributed by atoms with Gasteiger partial charge in [-0.15, -0.1) is 0 Å².